The average molecular weight is 589 g/mol. The zero-order valence-electron chi connectivity index (χ0n) is 28.0. The van der Waals surface area contributed by atoms with Crippen LogP contribution in [0.4, 0.5) is 0 Å². The molecule has 0 aliphatic rings. The molecular formula is C37H64O5. The number of benzene rings is 1. The summed E-state index contributed by atoms with van der Waals surface area (Å²) in [7, 11) is 0. The summed E-state index contributed by atoms with van der Waals surface area (Å²) >= 11 is 0. The van der Waals surface area contributed by atoms with Crippen molar-refractivity contribution in [3.05, 3.63) is 35.9 Å². The third kappa shape index (κ3) is 19.5. The van der Waals surface area contributed by atoms with Gasteiger partial charge in [0, 0.05) is 0 Å². The van der Waals surface area contributed by atoms with Gasteiger partial charge in [0.05, 0.1) is 25.4 Å². The number of hydrogen-bond donors (Lipinski definition) is 0. The van der Waals surface area contributed by atoms with Crippen LogP contribution < -0.4 is 0 Å². The van der Waals surface area contributed by atoms with E-state index in [-0.39, 0.29) is 17.8 Å². The van der Waals surface area contributed by atoms with Crippen LogP contribution in [-0.4, -0.2) is 36.2 Å². The Balaban J connectivity index is 2.06. The van der Waals surface area contributed by atoms with Crippen molar-refractivity contribution >= 4 is 11.8 Å². The van der Waals surface area contributed by atoms with Crippen LogP contribution in [0.3, 0.4) is 0 Å². The van der Waals surface area contributed by atoms with Crippen molar-refractivity contribution in [3.63, 3.8) is 0 Å². The van der Waals surface area contributed by atoms with Crippen LogP contribution in [0.15, 0.2) is 30.3 Å². The maximum atomic E-state index is 12.9. The van der Waals surface area contributed by atoms with Crippen LogP contribution in [0, 0.1) is 0 Å². The van der Waals surface area contributed by atoms with E-state index in [0.29, 0.717) is 32.7 Å². The zero-order chi connectivity index (χ0) is 30.9. The highest BCUT2D eigenvalue weighted by molar-refractivity contribution is 6.00. The molecule has 242 valence electrons. The van der Waals surface area contributed by atoms with Gasteiger partial charge in [-0.25, -0.2) is 0 Å². The summed E-state index contributed by atoms with van der Waals surface area (Å²) < 4.78 is 17.5. The number of rotatable bonds is 28. The lowest BCUT2D eigenvalue weighted by Crippen LogP contribution is -2.40. The molecule has 1 aromatic rings. The molecule has 0 fully saturated rings. The van der Waals surface area contributed by atoms with E-state index >= 15 is 0 Å². The Kier molecular flexibility index (Phi) is 21.6. The van der Waals surface area contributed by atoms with Gasteiger partial charge < -0.3 is 14.2 Å². The molecule has 0 amide bonds. The fraction of sp³-hybridized carbons (Fsp3) is 0.784. The van der Waals surface area contributed by atoms with Crippen molar-refractivity contribution in [2.45, 2.75) is 174 Å². The fourth-order valence-electron chi connectivity index (χ4n) is 5.03. The zero-order valence-corrected chi connectivity index (χ0v) is 28.0. The second kappa shape index (κ2) is 23.7. The lowest BCUT2D eigenvalue weighted by atomic mass is 9.94. The van der Waals surface area contributed by atoms with E-state index in [0.717, 1.165) is 18.4 Å². The van der Waals surface area contributed by atoms with E-state index in [4.69, 9.17) is 14.2 Å². The Morgan fingerprint density at radius 3 is 1.64 bits per heavy atom. The number of unbranched alkanes of at least 4 members (excludes halogenated alkanes) is 15. The first-order valence-electron chi connectivity index (χ1n) is 17.2. The van der Waals surface area contributed by atoms with Crippen molar-refractivity contribution in [1.29, 1.82) is 0 Å². The van der Waals surface area contributed by atoms with Crippen molar-refractivity contribution < 1.29 is 23.8 Å². The molecule has 0 saturated heterocycles. The molecule has 1 rings (SSSR count). The first kappa shape index (κ1) is 38.3. The van der Waals surface area contributed by atoms with Gasteiger partial charge >= 0.3 is 5.97 Å². The first-order valence-corrected chi connectivity index (χ1v) is 17.2. The molecule has 0 aromatic heterocycles. The van der Waals surface area contributed by atoms with Crippen LogP contribution in [-0.2, 0) is 30.4 Å². The van der Waals surface area contributed by atoms with Gasteiger partial charge in [-0.1, -0.05) is 140 Å². The summed E-state index contributed by atoms with van der Waals surface area (Å²) in [6.07, 6.45) is 21.9. The highest BCUT2D eigenvalue weighted by Crippen LogP contribution is 2.23. The van der Waals surface area contributed by atoms with Crippen LogP contribution in [0.25, 0.3) is 0 Å². The predicted octanol–water partition coefficient (Wildman–Crippen LogP) is 10.3. The van der Waals surface area contributed by atoms with E-state index in [1.165, 1.54) is 89.9 Å². The molecule has 1 aromatic carbocycles. The number of carbonyl (C=O) groups is 2. The largest absolute Gasteiger partial charge is 0.465 e. The maximum absolute atomic E-state index is 12.9. The van der Waals surface area contributed by atoms with Gasteiger partial charge in [0.2, 0.25) is 0 Å². The summed E-state index contributed by atoms with van der Waals surface area (Å²) in [5, 5.41) is 0. The van der Waals surface area contributed by atoms with Crippen molar-refractivity contribution in [2.24, 2.45) is 0 Å². The van der Waals surface area contributed by atoms with Gasteiger partial charge in [-0.15, -0.1) is 0 Å². The third-order valence-corrected chi connectivity index (χ3v) is 8.43. The standard InChI is InChI=1S/C37H64O5/c1-6-8-9-10-11-12-13-14-15-16-17-18-19-20-21-25-29-40-35(39)31-34(38)37(5,7-2)41-30-28-36(3,4)42-32-33-26-23-22-24-27-33/h22-24,26-27H,6-21,25,28-32H2,1-5H3. The SMILES string of the molecule is CCCCCCCCCCCCCCCCCCOC(=O)CC(=O)C(C)(CC)OCCC(C)(C)OCc1ccccc1. The Labute approximate surface area is 258 Å². The van der Waals surface area contributed by atoms with Gasteiger partial charge in [0.25, 0.3) is 0 Å². The molecule has 42 heavy (non-hydrogen) atoms. The molecule has 0 heterocycles. The molecule has 5 heteroatoms. The smallest absolute Gasteiger partial charge is 0.313 e. The average Bonchev–Trinajstić information content (AvgIpc) is 2.98. The summed E-state index contributed by atoms with van der Waals surface area (Å²) in [6.45, 7) is 11.3. The molecule has 0 aliphatic carbocycles. The lowest BCUT2D eigenvalue weighted by Gasteiger charge is -2.30. The Morgan fingerprint density at radius 2 is 1.14 bits per heavy atom. The maximum Gasteiger partial charge on any atom is 0.313 e. The molecule has 0 bridgehead atoms. The highest BCUT2D eigenvalue weighted by atomic mass is 16.5. The Hall–Kier alpha value is -1.72. The van der Waals surface area contributed by atoms with Gasteiger partial charge in [0.1, 0.15) is 12.0 Å². The molecule has 1 unspecified atom stereocenters. The number of ether oxygens (including phenoxy) is 3. The van der Waals surface area contributed by atoms with Gasteiger partial charge in [-0.2, -0.15) is 0 Å². The van der Waals surface area contributed by atoms with Crippen molar-refractivity contribution in [2.75, 3.05) is 13.2 Å². The number of hydrogen-bond acceptors (Lipinski definition) is 5. The summed E-state index contributed by atoms with van der Waals surface area (Å²) in [6, 6.07) is 10.1. The molecule has 0 radical (unpaired) electrons. The summed E-state index contributed by atoms with van der Waals surface area (Å²) in [5.41, 5.74) is -0.263. The van der Waals surface area contributed by atoms with Crippen molar-refractivity contribution in [1.82, 2.24) is 0 Å². The van der Waals surface area contributed by atoms with E-state index in [2.05, 4.69) is 6.92 Å². The lowest BCUT2D eigenvalue weighted by molar-refractivity contribution is -0.155. The first-order chi connectivity index (χ1) is 20.2. The van der Waals surface area contributed by atoms with E-state index in [1.807, 2.05) is 51.1 Å². The number of ketones is 1. The molecule has 0 N–H and O–H groups in total. The van der Waals surface area contributed by atoms with E-state index in [1.54, 1.807) is 6.92 Å². The molecule has 0 saturated carbocycles. The van der Waals surface area contributed by atoms with Crippen LogP contribution >= 0.6 is 0 Å². The van der Waals surface area contributed by atoms with Gasteiger partial charge in [-0.3, -0.25) is 9.59 Å². The third-order valence-electron chi connectivity index (χ3n) is 8.43. The summed E-state index contributed by atoms with van der Waals surface area (Å²) in [4.78, 5) is 25.2. The Morgan fingerprint density at radius 1 is 0.643 bits per heavy atom. The molecular weight excluding hydrogens is 524 g/mol. The minimum absolute atomic E-state index is 0.218. The van der Waals surface area contributed by atoms with Crippen LogP contribution in [0.5, 0.6) is 0 Å². The second-order valence-corrected chi connectivity index (χ2v) is 12.8. The minimum Gasteiger partial charge on any atom is -0.465 e. The molecule has 5 nitrogen and oxygen atoms in total. The topological polar surface area (TPSA) is 61.8 Å². The number of esters is 1. The van der Waals surface area contributed by atoms with Crippen molar-refractivity contribution in [3.8, 4) is 0 Å². The van der Waals surface area contributed by atoms with Crippen LogP contribution in [0.1, 0.15) is 162 Å². The Bertz CT molecular complexity index is 806. The number of carbonyl (C=O) groups excluding carboxylic acids is 2. The highest BCUT2D eigenvalue weighted by Gasteiger charge is 2.34. The van der Waals surface area contributed by atoms with E-state index in [9.17, 15) is 9.59 Å². The minimum atomic E-state index is -0.997. The van der Waals surface area contributed by atoms with Crippen LogP contribution in [0.2, 0.25) is 0 Å². The summed E-state index contributed by atoms with van der Waals surface area (Å²) in [5.74, 6) is -0.666. The second-order valence-electron chi connectivity index (χ2n) is 12.8. The van der Waals surface area contributed by atoms with Gasteiger partial charge in [-0.05, 0) is 45.6 Å². The predicted molar refractivity (Wildman–Crippen MR) is 175 cm³/mol. The number of Topliss-reactive ketones (excluding diaryl/α,β-unsaturated/α-hetero) is 1. The van der Waals surface area contributed by atoms with E-state index < -0.39 is 11.6 Å². The molecule has 1 atom stereocenters. The molecule has 0 aliphatic heterocycles. The molecule has 0 spiro atoms. The van der Waals surface area contributed by atoms with Gasteiger partial charge in [0.15, 0.2) is 5.78 Å². The quantitative estimate of drug-likeness (QED) is 0.0553. The monoisotopic (exact) mass is 588 g/mol. The normalized spacial score (nSPS) is 13.2. The fourth-order valence-corrected chi connectivity index (χ4v) is 5.03.